The van der Waals surface area contributed by atoms with Crippen molar-refractivity contribution >= 4 is 22.1 Å². The zero-order chi connectivity index (χ0) is 18.1. The maximum atomic E-state index is 4.56. The predicted molar refractivity (Wildman–Crippen MR) is 110 cm³/mol. The summed E-state index contributed by atoms with van der Waals surface area (Å²) in [6, 6.07) is 11.1. The fourth-order valence-corrected chi connectivity index (χ4v) is 3.94. The van der Waals surface area contributed by atoms with Crippen molar-refractivity contribution in [3.63, 3.8) is 0 Å². The third-order valence-corrected chi connectivity index (χ3v) is 5.67. The number of hydrogen-bond donors (Lipinski definition) is 1. The number of nitrogens with zero attached hydrogens (tertiary/aromatic N) is 3. The van der Waals surface area contributed by atoms with E-state index in [1.165, 1.54) is 11.1 Å². The number of anilines is 1. The van der Waals surface area contributed by atoms with Crippen molar-refractivity contribution in [2.75, 3.05) is 5.32 Å². The van der Waals surface area contributed by atoms with Gasteiger partial charge in [-0.2, -0.15) is 0 Å². The van der Waals surface area contributed by atoms with Gasteiger partial charge < -0.3 is 9.72 Å². The average molecular weight is 363 g/mol. The van der Waals surface area contributed by atoms with E-state index in [2.05, 4.69) is 77.0 Å². The Hall–Kier alpha value is -2.66. The second kappa shape index (κ2) is 6.92. The van der Waals surface area contributed by atoms with E-state index in [0.29, 0.717) is 6.04 Å². The highest BCUT2D eigenvalue weighted by molar-refractivity contribution is 7.18. The number of aryl methyl sites for hydroxylation is 1. The van der Waals surface area contributed by atoms with E-state index in [0.717, 1.165) is 33.2 Å². The Bertz CT molecular complexity index is 1050. The SMILES string of the molecule is CC[C@@H](C)Nc1ncc(-c2cc(-c3ccccc3C)c3nccn3c2)s1. The van der Waals surface area contributed by atoms with Crippen molar-refractivity contribution in [1.82, 2.24) is 14.4 Å². The minimum atomic E-state index is 0.424. The number of nitrogens with one attached hydrogen (secondary N) is 1. The monoisotopic (exact) mass is 362 g/mol. The van der Waals surface area contributed by atoms with Gasteiger partial charge >= 0.3 is 0 Å². The number of aromatic nitrogens is 3. The van der Waals surface area contributed by atoms with Crippen molar-refractivity contribution in [3.05, 3.63) is 60.7 Å². The smallest absolute Gasteiger partial charge is 0.183 e. The van der Waals surface area contributed by atoms with Crippen molar-refractivity contribution < 1.29 is 0 Å². The highest BCUT2D eigenvalue weighted by atomic mass is 32.1. The molecule has 0 fully saturated rings. The number of fused-ring (bicyclic) bond motifs is 1. The first kappa shape index (κ1) is 16.8. The summed E-state index contributed by atoms with van der Waals surface area (Å²) in [7, 11) is 0. The topological polar surface area (TPSA) is 42.2 Å². The van der Waals surface area contributed by atoms with Crippen LogP contribution in [0.3, 0.4) is 0 Å². The molecule has 1 aromatic carbocycles. The van der Waals surface area contributed by atoms with E-state index in [9.17, 15) is 0 Å². The van der Waals surface area contributed by atoms with E-state index >= 15 is 0 Å². The molecule has 0 saturated carbocycles. The molecular formula is C21H22N4S. The Morgan fingerprint density at radius 3 is 2.85 bits per heavy atom. The Labute approximate surface area is 157 Å². The van der Waals surface area contributed by atoms with Crippen LogP contribution in [-0.2, 0) is 0 Å². The molecule has 0 aliphatic carbocycles. The zero-order valence-corrected chi connectivity index (χ0v) is 16.0. The fourth-order valence-electron chi connectivity index (χ4n) is 3.03. The average Bonchev–Trinajstić information content (AvgIpc) is 3.30. The van der Waals surface area contributed by atoms with E-state index in [4.69, 9.17) is 0 Å². The van der Waals surface area contributed by atoms with E-state index in [-0.39, 0.29) is 0 Å². The lowest BCUT2D eigenvalue weighted by Crippen LogP contribution is -2.12. The summed E-state index contributed by atoms with van der Waals surface area (Å²) in [6.07, 6.45) is 9.01. The number of rotatable bonds is 5. The van der Waals surface area contributed by atoms with E-state index < -0.39 is 0 Å². The Balaban J connectivity index is 1.81. The second-order valence-electron chi connectivity index (χ2n) is 6.60. The normalized spacial score (nSPS) is 12.4. The van der Waals surface area contributed by atoms with Gasteiger partial charge in [0.1, 0.15) is 5.65 Å². The predicted octanol–water partition coefficient (Wildman–Crippen LogP) is 5.64. The zero-order valence-electron chi connectivity index (χ0n) is 15.2. The molecule has 0 aliphatic heterocycles. The first-order valence-corrected chi connectivity index (χ1v) is 9.73. The molecule has 132 valence electrons. The van der Waals surface area contributed by atoms with Crippen LogP contribution in [0.1, 0.15) is 25.8 Å². The van der Waals surface area contributed by atoms with E-state index in [1.807, 2.05) is 18.6 Å². The van der Waals surface area contributed by atoms with Crippen LogP contribution in [-0.4, -0.2) is 20.4 Å². The summed E-state index contributed by atoms with van der Waals surface area (Å²) >= 11 is 1.69. The summed E-state index contributed by atoms with van der Waals surface area (Å²) in [5, 5.41) is 4.43. The van der Waals surface area contributed by atoms with Gasteiger partial charge in [0.25, 0.3) is 0 Å². The number of benzene rings is 1. The molecule has 0 radical (unpaired) electrons. The highest BCUT2D eigenvalue weighted by Gasteiger charge is 2.13. The van der Waals surface area contributed by atoms with Crippen molar-refractivity contribution in [2.24, 2.45) is 0 Å². The summed E-state index contributed by atoms with van der Waals surface area (Å²) in [5.41, 5.74) is 5.75. The molecule has 0 unspecified atom stereocenters. The summed E-state index contributed by atoms with van der Waals surface area (Å²) in [4.78, 5) is 10.3. The van der Waals surface area contributed by atoms with Crippen LogP contribution in [0, 0.1) is 6.92 Å². The molecule has 0 amide bonds. The molecule has 3 heterocycles. The molecule has 4 nitrogen and oxygen atoms in total. The molecule has 0 spiro atoms. The summed E-state index contributed by atoms with van der Waals surface area (Å²) in [5.74, 6) is 0. The third-order valence-electron chi connectivity index (χ3n) is 4.70. The highest BCUT2D eigenvalue weighted by Crippen LogP contribution is 2.34. The minimum absolute atomic E-state index is 0.424. The van der Waals surface area contributed by atoms with Crippen molar-refractivity contribution in [1.29, 1.82) is 0 Å². The van der Waals surface area contributed by atoms with Gasteiger partial charge in [0.15, 0.2) is 5.13 Å². The standard InChI is InChI=1S/C21H22N4S/c1-4-15(3)24-21-23-12-19(26-21)16-11-18(17-8-6-5-7-14(17)2)20-22-9-10-25(20)13-16/h5-13,15H,4H2,1-3H3,(H,23,24)/t15-/m1/s1. The van der Waals surface area contributed by atoms with Crippen LogP contribution in [0.15, 0.2) is 55.1 Å². The number of thiazole rings is 1. The minimum Gasteiger partial charge on any atom is -0.359 e. The van der Waals surface area contributed by atoms with Gasteiger partial charge in [-0.05, 0) is 37.5 Å². The molecule has 26 heavy (non-hydrogen) atoms. The van der Waals surface area contributed by atoms with Crippen LogP contribution in [0.25, 0.3) is 27.2 Å². The quantitative estimate of drug-likeness (QED) is 0.499. The van der Waals surface area contributed by atoms with E-state index in [1.54, 1.807) is 11.3 Å². The summed E-state index contributed by atoms with van der Waals surface area (Å²) < 4.78 is 2.10. The van der Waals surface area contributed by atoms with Crippen molar-refractivity contribution in [3.8, 4) is 21.6 Å². The third kappa shape index (κ3) is 3.10. The molecule has 1 N–H and O–H groups in total. The lowest BCUT2D eigenvalue weighted by atomic mass is 10.00. The maximum Gasteiger partial charge on any atom is 0.183 e. The van der Waals surface area contributed by atoms with Crippen molar-refractivity contribution in [2.45, 2.75) is 33.2 Å². The molecule has 5 heteroatoms. The molecule has 4 rings (SSSR count). The molecule has 0 saturated heterocycles. The molecule has 1 atom stereocenters. The van der Waals surface area contributed by atoms with Gasteiger partial charge in [0.2, 0.25) is 0 Å². The Kier molecular flexibility index (Phi) is 4.47. The van der Waals surface area contributed by atoms with Gasteiger partial charge in [-0.25, -0.2) is 9.97 Å². The molecular weight excluding hydrogens is 340 g/mol. The first-order valence-electron chi connectivity index (χ1n) is 8.91. The maximum absolute atomic E-state index is 4.56. The first-order chi connectivity index (χ1) is 12.7. The van der Waals surface area contributed by atoms with Crippen LogP contribution >= 0.6 is 11.3 Å². The van der Waals surface area contributed by atoms with Gasteiger partial charge in [0, 0.05) is 42.0 Å². The number of imidazole rings is 1. The Morgan fingerprint density at radius 1 is 1.19 bits per heavy atom. The fraction of sp³-hybridized carbons (Fsp3) is 0.238. The van der Waals surface area contributed by atoms with Crippen LogP contribution < -0.4 is 5.32 Å². The second-order valence-corrected chi connectivity index (χ2v) is 7.63. The molecule has 3 aromatic heterocycles. The lowest BCUT2D eigenvalue weighted by molar-refractivity contribution is 0.763. The molecule has 0 aliphatic rings. The number of pyridine rings is 1. The lowest BCUT2D eigenvalue weighted by Gasteiger charge is -2.10. The Morgan fingerprint density at radius 2 is 2.04 bits per heavy atom. The van der Waals surface area contributed by atoms with Crippen LogP contribution in [0.4, 0.5) is 5.13 Å². The van der Waals surface area contributed by atoms with Gasteiger partial charge in [0.05, 0.1) is 4.88 Å². The van der Waals surface area contributed by atoms with Crippen LogP contribution in [0.5, 0.6) is 0 Å². The van der Waals surface area contributed by atoms with Gasteiger partial charge in [-0.15, -0.1) is 0 Å². The van der Waals surface area contributed by atoms with Crippen LogP contribution in [0.2, 0.25) is 0 Å². The molecule has 4 aromatic rings. The van der Waals surface area contributed by atoms with Gasteiger partial charge in [-0.3, -0.25) is 0 Å². The summed E-state index contributed by atoms with van der Waals surface area (Å²) in [6.45, 7) is 6.49. The molecule has 0 bridgehead atoms. The largest absolute Gasteiger partial charge is 0.359 e. The number of hydrogen-bond acceptors (Lipinski definition) is 4. The van der Waals surface area contributed by atoms with Gasteiger partial charge in [-0.1, -0.05) is 42.5 Å².